The number of rotatable bonds is 5. The topological polar surface area (TPSA) is 92.7 Å². The van der Waals surface area contributed by atoms with E-state index < -0.39 is 6.09 Å². The lowest BCUT2D eigenvalue weighted by Crippen LogP contribution is -2.30. The maximum absolute atomic E-state index is 11.8. The molecule has 0 spiro atoms. The van der Waals surface area contributed by atoms with E-state index in [9.17, 15) is 9.90 Å². The maximum atomic E-state index is 11.8. The summed E-state index contributed by atoms with van der Waals surface area (Å²) < 4.78 is 11.2. The monoisotopic (exact) mass is 425 g/mol. The summed E-state index contributed by atoms with van der Waals surface area (Å²) in [4.78, 5) is 16.5. The molecule has 2 fully saturated rings. The highest BCUT2D eigenvalue weighted by Gasteiger charge is 2.28. The number of anilines is 1. The number of carbonyl (C=O) groups excluding carboxylic acids is 1. The van der Waals surface area contributed by atoms with Gasteiger partial charge in [0.2, 0.25) is 0 Å². The van der Waals surface area contributed by atoms with Gasteiger partial charge in [0.25, 0.3) is 0 Å². The van der Waals surface area contributed by atoms with Crippen molar-refractivity contribution in [2.24, 2.45) is 5.92 Å². The molecule has 1 saturated heterocycles. The Bertz CT molecular complexity index is 937. The summed E-state index contributed by atoms with van der Waals surface area (Å²) in [6, 6.07) is 7.31. The lowest BCUT2D eigenvalue weighted by Gasteiger charge is -2.28. The van der Waals surface area contributed by atoms with E-state index >= 15 is 0 Å². The van der Waals surface area contributed by atoms with Crippen molar-refractivity contribution in [3.63, 3.8) is 0 Å². The third-order valence-corrected chi connectivity index (χ3v) is 5.90. The predicted octanol–water partition coefficient (Wildman–Crippen LogP) is 4.80. The largest absolute Gasteiger partial charge is 0.507 e. The van der Waals surface area contributed by atoms with Crippen LogP contribution in [0.5, 0.6) is 11.5 Å². The molecule has 5 rings (SSSR count). The number of phenolic OH excluding ortho intramolecular Hbond substituents is 1. The minimum absolute atomic E-state index is 0.122. The Kier molecular flexibility index (Phi) is 6.61. The first-order valence-electron chi connectivity index (χ1n) is 11.3. The van der Waals surface area contributed by atoms with Crippen LogP contribution in [-0.2, 0) is 11.3 Å². The standard InChI is InChI=1S/C22H25N3O4.C2H6/c26-18-4-1-5-19(28-11-13-6-7-13)20(18)17-9-15(14-3-2-8-23-10-14)16-12-29-22(27)25-21(16)24-17;1-2/h1,4-5,9,13-14,23,26H,2-3,6-8,10-12H2,(H,24,25,27);1-2H3. The Morgan fingerprint density at radius 1 is 1.26 bits per heavy atom. The number of hydrogen-bond acceptors (Lipinski definition) is 6. The number of cyclic esters (lactones) is 1. The number of carbonyl (C=O) groups is 1. The van der Waals surface area contributed by atoms with Crippen molar-refractivity contribution in [3.8, 4) is 22.8 Å². The molecule has 1 saturated carbocycles. The first-order chi connectivity index (χ1) is 15.2. The van der Waals surface area contributed by atoms with E-state index in [1.807, 2.05) is 26.0 Å². The van der Waals surface area contributed by atoms with Crippen LogP contribution in [0, 0.1) is 5.92 Å². The fourth-order valence-corrected chi connectivity index (χ4v) is 4.12. The predicted molar refractivity (Wildman–Crippen MR) is 120 cm³/mol. The smallest absolute Gasteiger partial charge is 0.413 e. The number of hydrogen-bond donors (Lipinski definition) is 3. The summed E-state index contributed by atoms with van der Waals surface area (Å²) in [6.45, 7) is 6.75. The lowest BCUT2D eigenvalue weighted by molar-refractivity contribution is 0.150. The number of aromatic nitrogens is 1. The second-order valence-corrected chi connectivity index (χ2v) is 8.07. The number of nitrogens with zero attached hydrogens (tertiary/aromatic N) is 1. The fourth-order valence-electron chi connectivity index (χ4n) is 4.12. The average molecular weight is 426 g/mol. The Morgan fingerprint density at radius 2 is 2.10 bits per heavy atom. The van der Waals surface area contributed by atoms with Crippen molar-refractivity contribution in [1.29, 1.82) is 0 Å². The van der Waals surface area contributed by atoms with Crippen LogP contribution in [-0.4, -0.2) is 35.9 Å². The van der Waals surface area contributed by atoms with Gasteiger partial charge in [0.05, 0.1) is 17.9 Å². The number of benzene rings is 1. The van der Waals surface area contributed by atoms with Crippen molar-refractivity contribution < 1.29 is 19.4 Å². The van der Waals surface area contributed by atoms with Gasteiger partial charge in [-0.15, -0.1) is 0 Å². The van der Waals surface area contributed by atoms with Crippen LogP contribution in [0.3, 0.4) is 0 Å². The van der Waals surface area contributed by atoms with Crippen molar-refractivity contribution in [1.82, 2.24) is 10.3 Å². The van der Waals surface area contributed by atoms with Crippen LogP contribution in [0.2, 0.25) is 0 Å². The number of piperidine rings is 1. The lowest BCUT2D eigenvalue weighted by atomic mass is 9.87. The summed E-state index contributed by atoms with van der Waals surface area (Å²) in [5, 5.41) is 16.8. The molecule has 0 radical (unpaired) electrons. The van der Waals surface area contributed by atoms with Gasteiger partial charge in [-0.3, -0.25) is 5.32 Å². The van der Waals surface area contributed by atoms with Gasteiger partial charge in [0, 0.05) is 12.1 Å². The maximum Gasteiger partial charge on any atom is 0.413 e. The second-order valence-electron chi connectivity index (χ2n) is 8.07. The van der Waals surface area contributed by atoms with Gasteiger partial charge >= 0.3 is 6.09 Å². The van der Waals surface area contributed by atoms with Crippen LogP contribution in [0.25, 0.3) is 11.3 Å². The second kappa shape index (κ2) is 9.56. The molecule has 7 heteroatoms. The summed E-state index contributed by atoms with van der Waals surface area (Å²) in [6.07, 6.45) is 4.03. The molecule has 1 atom stereocenters. The van der Waals surface area contributed by atoms with E-state index in [-0.39, 0.29) is 12.4 Å². The Hall–Kier alpha value is -2.80. The molecule has 0 bridgehead atoms. The van der Waals surface area contributed by atoms with Gasteiger partial charge in [-0.2, -0.15) is 0 Å². The molecule has 1 unspecified atom stereocenters. The van der Waals surface area contributed by atoms with Crippen molar-refractivity contribution >= 4 is 11.9 Å². The molecule has 1 amide bonds. The van der Waals surface area contributed by atoms with Crippen LogP contribution in [0.4, 0.5) is 10.6 Å². The molecular weight excluding hydrogens is 394 g/mol. The van der Waals surface area contributed by atoms with Gasteiger partial charge in [0.1, 0.15) is 23.9 Å². The van der Waals surface area contributed by atoms with E-state index in [1.54, 1.807) is 12.1 Å². The van der Waals surface area contributed by atoms with E-state index in [0.717, 1.165) is 37.1 Å². The molecule has 1 aromatic carbocycles. The Balaban J connectivity index is 0.00000112. The van der Waals surface area contributed by atoms with E-state index in [2.05, 4.69) is 15.6 Å². The van der Waals surface area contributed by atoms with Crippen molar-refractivity contribution in [2.75, 3.05) is 25.0 Å². The molecule has 3 N–H and O–H groups in total. The molecule has 1 aromatic heterocycles. The Morgan fingerprint density at radius 3 is 2.84 bits per heavy atom. The number of aromatic hydroxyl groups is 1. The molecule has 7 nitrogen and oxygen atoms in total. The van der Waals surface area contributed by atoms with Gasteiger partial charge < -0.3 is 19.9 Å². The molecule has 2 aliphatic heterocycles. The molecule has 166 valence electrons. The molecule has 1 aliphatic carbocycles. The number of fused-ring (bicyclic) bond motifs is 1. The fraction of sp³-hybridized carbons (Fsp3) is 0.500. The van der Waals surface area contributed by atoms with Crippen LogP contribution in [0.1, 0.15) is 56.6 Å². The third kappa shape index (κ3) is 4.77. The zero-order chi connectivity index (χ0) is 21.8. The van der Waals surface area contributed by atoms with Gasteiger partial charge in [0.15, 0.2) is 0 Å². The van der Waals surface area contributed by atoms with Crippen LogP contribution >= 0.6 is 0 Å². The summed E-state index contributed by atoms with van der Waals surface area (Å²) in [7, 11) is 0. The van der Waals surface area contributed by atoms with Gasteiger partial charge in [-0.25, -0.2) is 9.78 Å². The third-order valence-electron chi connectivity index (χ3n) is 5.90. The van der Waals surface area contributed by atoms with E-state index in [4.69, 9.17) is 9.47 Å². The average Bonchev–Trinajstić information content (AvgIpc) is 3.63. The minimum atomic E-state index is -0.502. The minimum Gasteiger partial charge on any atom is -0.507 e. The van der Waals surface area contributed by atoms with Crippen molar-refractivity contribution in [3.05, 3.63) is 35.4 Å². The zero-order valence-corrected chi connectivity index (χ0v) is 18.2. The first kappa shape index (κ1) is 21.4. The summed E-state index contributed by atoms with van der Waals surface area (Å²) >= 11 is 0. The molecule has 31 heavy (non-hydrogen) atoms. The quantitative estimate of drug-likeness (QED) is 0.637. The number of amides is 1. The van der Waals surface area contributed by atoms with Gasteiger partial charge in [-0.1, -0.05) is 19.9 Å². The number of nitrogens with one attached hydrogen (secondary N) is 2. The van der Waals surface area contributed by atoms with Gasteiger partial charge in [-0.05, 0) is 67.8 Å². The molecule has 3 aliphatic rings. The summed E-state index contributed by atoms with van der Waals surface area (Å²) in [5.74, 6) is 2.16. The Labute approximate surface area is 183 Å². The first-order valence-corrected chi connectivity index (χ1v) is 11.3. The van der Waals surface area contributed by atoms with E-state index in [0.29, 0.717) is 41.3 Å². The number of ether oxygens (including phenoxy) is 2. The molecule has 2 aromatic rings. The SMILES string of the molecule is CC.O=C1Nc2nc(-c3c(O)cccc3OCC3CC3)cc(C3CCCNC3)c2CO1. The number of pyridine rings is 1. The van der Waals surface area contributed by atoms with Crippen LogP contribution < -0.4 is 15.4 Å². The van der Waals surface area contributed by atoms with Crippen molar-refractivity contribution in [2.45, 2.75) is 52.1 Å². The highest BCUT2D eigenvalue weighted by molar-refractivity contribution is 5.88. The highest BCUT2D eigenvalue weighted by Crippen LogP contribution is 2.42. The van der Waals surface area contributed by atoms with E-state index in [1.165, 1.54) is 12.8 Å². The normalized spacial score (nSPS) is 19.9. The molecular formula is C24H31N3O4. The summed E-state index contributed by atoms with van der Waals surface area (Å²) in [5.41, 5.74) is 3.20. The molecule has 3 heterocycles. The zero-order valence-electron chi connectivity index (χ0n) is 18.2. The highest BCUT2D eigenvalue weighted by atomic mass is 16.5. The number of phenols is 1. The van der Waals surface area contributed by atoms with Crippen LogP contribution in [0.15, 0.2) is 24.3 Å².